The summed E-state index contributed by atoms with van der Waals surface area (Å²) in [5.41, 5.74) is 0. The molecule has 2 atom stereocenters. The van der Waals surface area contributed by atoms with Crippen LogP contribution in [0.2, 0.25) is 0 Å². The van der Waals surface area contributed by atoms with Gasteiger partial charge in [-0.05, 0) is 12.1 Å². The van der Waals surface area contributed by atoms with Gasteiger partial charge in [0.2, 0.25) is 0 Å². The normalized spacial score (nSPS) is 14.1. The summed E-state index contributed by atoms with van der Waals surface area (Å²) in [5, 5.41) is 16.5. The quantitative estimate of drug-likeness (QED) is 0.311. The zero-order valence-corrected chi connectivity index (χ0v) is 10.3. The van der Waals surface area contributed by atoms with Crippen LogP contribution in [0.25, 0.3) is 0 Å². The van der Waals surface area contributed by atoms with Gasteiger partial charge in [0.05, 0.1) is 0 Å². The number of aliphatic carboxylic acids is 1. The molecule has 0 spiro atoms. The van der Waals surface area contributed by atoms with Gasteiger partial charge in [0.25, 0.3) is 6.29 Å². The number of hydrogen-bond acceptors (Lipinski definition) is 6. The molecular weight excluding hydrogens is 230 g/mol. The Morgan fingerprint density at radius 2 is 2.00 bits per heavy atom. The van der Waals surface area contributed by atoms with Crippen molar-refractivity contribution in [1.82, 2.24) is 5.01 Å². The van der Waals surface area contributed by atoms with Gasteiger partial charge in [0, 0.05) is 25.7 Å². The van der Waals surface area contributed by atoms with Gasteiger partial charge in [-0.15, -0.1) is 0 Å². The van der Waals surface area contributed by atoms with Gasteiger partial charge in [-0.3, -0.25) is 9.80 Å². The van der Waals surface area contributed by atoms with Crippen LogP contribution < -0.4 is 0 Å². The molecule has 0 amide bonds. The lowest BCUT2D eigenvalue weighted by molar-refractivity contribution is -0.177. The van der Waals surface area contributed by atoms with Crippen molar-refractivity contribution in [3.8, 4) is 0 Å². The third-order valence-electron chi connectivity index (χ3n) is 1.88. The molecule has 0 aliphatic carbocycles. The van der Waals surface area contributed by atoms with E-state index in [1.807, 2.05) is 0 Å². The van der Waals surface area contributed by atoms with Crippen molar-refractivity contribution in [1.29, 1.82) is 0 Å². The van der Waals surface area contributed by atoms with E-state index in [1.54, 1.807) is 6.92 Å². The van der Waals surface area contributed by atoms with Crippen LogP contribution >= 0.6 is 0 Å². The zero-order valence-electron chi connectivity index (χ0n) is 10.3. The maximum Gasteiger partial charge on any atom is 0.327 e. The van der Waals surface area contributed by atoms with E-state index in [9.17, 15) is 9.59 Å². The van der Waals surface area contributed by atoms with Crippen molar-refractivity contribution in [2.45, 2.75) is 39.5 Å². The first-order valence-corrected chi connectivity index (χ1v) is 5.10. The van der Waals surface area contributed by atoms with Crippen LogP contribution in [0.1, 0.15) is 27.2 Å². The second-order valence-electron chi connectivity index (χ2n) is 3.28. The fourth-order valence-electron chi connectivity index (χ4n) is 0.672. The highest BCUT2D eigenvalue weighted by Crippen LogP contribution is 2.01. The number of carboxylic acid groups (broad SMARTS) is 1. The molecule has 17 heavy (non-hydrogen) atoms. The van der Waals surface area contributed by atoms with E-state index in [1.165, 1.54) is 20.9 Å². The van der Waals surface area contributed by atoms with Crippen molar-refractivity contribution in [3.05, 3.63) is 0 Å². The highest BCUT2D eigenvalue weighted by molar-refractivity contribution is 5.72. The van der Waals surface area contributed by atoms with E-state index >= 15 is 0 Å². The van der Waals surface area contributed by atoms with E-state index in [0.717, 1.165) is 5.01 Å². The van der Waals surface area contributed by atoms with Gasteiger partial charge in [0.15, 0.2) is 0 Å². The molecule has 0 bridgehead atoms. The Labute approximate surface area is 99.1 Å². The lowest BCUT2D eigenvalue weighted by Gasteiger charge is -2.15. The summed E-state index contributed by atoms with van der Waals surface area (Å²) in [4.78, 5) is 26.1. The number of nitrogens with zero attached hydrogens (tertiary/aromatic N) is 3. The highest BCUT2D eigenvalue weighted by atomic mass is 16.8. The summed E-state index contributed by atoms with van der Waals surface area (Å²) in [7, 11) is 1.44. The Hall–Kier alpha value is -1.86. The Bertz CT molecular complexity index is 294. The van der Waals surface area contributed by atoms with Crippen LogP contribution in [0.5, 0.6) is 0 Å². The molecule has 0 aliphatic heterocycles. The highest BCUT2D eigenvalue weighted by Gasteiger charge is 2.15. The first-order valence-electron chi connectivity index (χ1n) is 5.10. The molecule has 0 aromatic carbocycles. The molecule has 0 saturated heterocycles. The predicted molar refractivity (Wildman–Crippen MR) is 56.6 cm³/mol. The average molecular weight is 247 g/mol. The van der Waals surface area contributed by atoms with Crippen LogP contribution in [0.3, 0.4) is 0 Å². The van der Waals surface area contributed by atoms with Crippen molar-refractivity contribution in [2.24, 2.45) is 10.5 Å². The molecule has 0 rings (SSSR count). The molecule has 0 aromatic heterocycles. The summed E-state index contributed by atoms with van der Waals surface area (Å²) >= 11 is 0. The number of carbonyl (C=O) groups is 2. The Balaban J connectivity index is 4.01. The number of likely N-dealkylation sites (N-methyl/N-ethyl adjacent to an activating group) is 1. The van der Waals surface area contributed by atoms with Gasteiger partial charge in [-0.2, -0.15) is 0 Å². The van der Waals surface area contributed by atoms with Crippen LogP contribution in [0, 0.1) is 0 Å². The van der Waals surface area contributed by atoms with Gasteiger partial charge in [0.1, 0.15) is 6.04 Å². The molecule has 1 N–H and O–H groups in total. The fraction of sp³-hybridized carbons (Fsp3) is 0.778. The molecule has 8 heteroatoms. The Kier molecular flexibility index (Phi) is 6.61. The number of carbonyl (C=O) groups excluding carboxylic acids is 1. The monoisotopic (exact) mass is 247 g/mol. The van der Waals surface area contributed by atoms with Crippen molar-refractivity contribution < 1.29 is 24.3 Å². The lowest BCUT2D eigenvalue weighted by Crippen LogP contribution is -2.31. The van der Waals surface area contributed by atoms with Crippen molar-refractivity contribution in [3.63, 3.8) is 0 Å². The second-order valence-corrected chi connectivity index (χ2v) is 3.28. The number of ether oxygens (including phenoxy) is 1. The predicted octanol–water partition coefficient (Wildman–Crippen LogP) is 0.989. The topological polar surface area (TPSA) is 101 Å². The first kappa shape index (κ1) is 15.1. The summed E-state index contributed by atoms with van der Waals surface area (Å²) in [6.07, 6.45) is -0.624. The fourth-order valence-corrected chi connectivity index (χ4v) is 0.672. The molecular formula is C9H17N3O5. The summed E-state index contributed by atoms with van der Waals surface area (Å²) in [5.74, 6) is -1.45. The second kappa shape index (κ2) is 7.42. The summed E-state index contributed by atoms with van der Waals surface area (Å²) < 4.78 is 4.74. The molecule has 0 fully saturated rings. The molecule has 0 radical (unpaired) electrons. The molecule has 0 heterocycles. The minimum Gasteiger partial charge on any atom is -0.480 e. The average Bonchev–Trinajstić information content (AvgIpc) is 2.27. The number of hydrogen-bond donors (Lipinski definition) is 1. The van der Waals surface area contributed by atoms with E-state index < -0.39 is 24.3 Å². The first-order chi connectivity index (χ1) is 7.88. The minimum atomic E-state index is -1.03. The molecule has 0 aromatic rings. The largest absolute Gasteiger partial charge is 0.480 e. The smallest absolute Gasteiger partial charge is 0.327 e. The van der Waals surface area contributed by atoms with Crippen LogP contribution in [-0.4, -0.2) is 41.4 Å². The van der Waals surface area contributed by atoms with Crippen LogP contribution in [0.4, 0.5) is 0 Å². The van der Waals surface area contributed by atoms with Crippen LogP contribution in [-0.2, 0) is 19.2 Å². The lowest BCUT2D eigenvalue weighted by atomic mass is 10.3. The van der Waals surface area contributed by atoms with Gasteiger partial charge >= 0.3 is 11.9 Å². The van der Waals surface area contributed by atoms with E-state index in [4.69, 9.17) is 14.7 Å². The van der Waals surface area contributed by atoms with E-state index in [0.29, 0.717) is 0 Å². The molecule has 8 nitrogen and oxygen atoms in total. The van der Waals surface area contributed by atoms with Gasteiger partial charge in [-0.25, -0.2) is 4.79 Å². The maximum absolute atomic E-state index is 10.9. The molecule has 98 valence electrons. The summed E-state index contributed by atoms with van der Waals surface area (Å²) in [6.45, 7) is 4.58. The molecule has 0 saturated carbocycles. The summed E-state index contributed by atoms with van der Waals surface area (Å²) in [6, 6.07) is -0.823. The maximum atomic E-state index is 10.9. The minimum absolute atomic E-state index is 0.237. The van der Waals surface area contributed by atoms with Gasteiger partial charge in [-0.1, -0.05) is 6.92 Å². The number of rotatable bonds is 7. The third kappa shape index (κ3) is 6.33. The van der Waals surface area contributed by atoms with Crippen molar-refractivity contribution in [2.75, 3.05) is 7.05 Å². The van der Waals surface area contributed by atoms with Crippen molar-refractivity contribution >= 4 is 11.9 Å². The molecule has 1 unspecified atom stereocenters. The standard InChI is InChI=1S/C9H17N3O5/c1-5-8(13)16-7(3)17-11-10-12(4)6(2)9(14)15/h6-7H,5H2,1-4H3,(H,14,15)/b11-10-/t6-,7?/m0/s1. The van der Waals surface area contributed by atoms with Crippen LogP contribution in [0.15, 0.2) is 10.5 Å². The Morgan fingerprint density at radius 3 is 2.47 bits per heavy atom. The Morgan fingerprint density at radius 1 is 1.41 bits per heavy atom. The van der Waals surface area contributed by atoms with Gasteiger partial charge < -0.3 is 14.7 Å². The zero-order chi connectivity index (χ0) is 13.4. The molecule has 0 aliphatic rings. The number of carboxylic acids is 1. The SMILES string of the molecule is CCC(=O)OC(C)O/N=N\N(C)[C@@H](C)C(=O)O. The number of esters is 1. The third-order valence-corrected chi connectivity index (χ3v) is 1.88. The van der Waals surface area contributed by atoms with E-state index in [-0.39, 0.29) is 6.42 Å². The van der Waals surface area contributed by atoms with E-state index in [2.05, 4.69) is 10.5 Å².